The maximum absolute atomic E-state index is 11.1. The Labute approximate surface area is 72.1 Å². The number of hydrogen-bond donors (Lipinski definition) is 1. The summed E-state index contributed by atoms with van der Waals surface area (Å²) >= 11 is 0. The Hall–Kier alpha value is -0.770. The summed E-state index contributed by atoms with van der Waals surface area (Å²) in [6.45, 7) is 3.18. The minimum absolute atomic E-state index is 0.0194. The molecular formula is C8H15NO3. The molecule has 0 bridgehead atoms. The van der Waals surface area contributed by atoms with Crippen molar-refractivity contribution >= 4 is 6.09 Å². The quantitative estimate of drug-likeness (QED) is 0.680. The Balaban J connectivity index is 2.51. The molecule has 0 spiro atoms. The first-order valence-corrected chi connectivity index (χ1v) is 4.33. The average Bonchev–Trinajstić information content (AvgIpc) is 2.10. The van der Waals surface area contributed by atoms with Gasteiger partial charge in [-0.3, -0.25) is 0 Å². The van der Waals surface area contributed by atoms with Crippen LogP contribution in [0.25, 0.3) is 0 Å². The van der Waals surface area contributed by atoms with Crippen molar-refractivity contribution in [3.63, 3.8) is 0 Å². The van der Waals surface area contributed by atoms with E-state index in [4.69, 9.17) is 9.84 Å². The molecule has 1 aliphatic heterocycles. The molecule has 1 amide bonds. The van der Waals surface area contributed by atoms with Crippen LogP contribution in [0, 0.1) is 0 Å². The van der Waals surface area contributed by atoms with Crippen molar-refractivity contribution < 1.29 is 14.6 Å². The third-order valence-electron chi connectivity index (χ3n) is 2.13. The summed E-state index contributed by atoms with van der Waals surface area (Å²) in [4.78, 5) is 12.7. The molecule has 0 radical (unpaired) electrons. The summed E-state index contributed by atoms with van der Waals surface area (Å²) in [5.74, 6) is 0. The molecule has 1 rings (SSSR count). The van der Waals surface area contributed by atoms with Gasteiger partial charge in [-0.15, -0.1) is 0 Å². The number of cyclic esters (lactones) is 1. The molecule has 1 heterocycles. The van der Waals surface area contributed by atoms with E-state index in [1.54, 1.807) is 4.90 Å². The molecule has 0 aromatic heterocycles. The monoisotopic (exact) mass is 173 g/mol. The summed E-state index contributed by atoms with van der Waals surface area (Å²) in [5, 5.41) is 8.95. The van der Waals surface area contributed by atoms with Gasteiger partial charge in [0, 0.05) is 6.54 Å². The zero-order valence-electron chi connectivity index (χ0n) is 7.32. The van der Waals surface area contributed by atoms with Gasteiger partial charge < -0.3 is 14.7 Å². The lowest BCUT2D eigenvalue weighted by Gasteiger charge is -2.32. The van der Waals surface area contributed by atoms with Crippen LogP contribution in [-0.4, -0.2) is 41.9 Å². The average molecular weight is 173 g/mol. The molecule has 4 nitrogen and oxygen atoms in total. The van der Waals surface area contributed by atoms with Crippen LogP contribution < -0.4 is 0 Å². The molecule has 12 heavy (non-hydrogen) atoms. The number of aliphatic hydroxyl groups excluding tert-OH is 1. The van der Waals surface area contributed by atoms with Gasteiger partial charge >= 0.3 is 6.09 Å². The Morgan fingerprint density at radius 1 is 1.75 bits per heavy atom. The van der Waals surface area contributed by atoms with Crippen molar-refractivity contribution in [1.82, 2.24) is 4.90 Å². The molecule has 4 heteroatoms. The molecule has 1 saturated heterocycles. The van der Waals surface area contributed by atoms with E-state index in [2.05, 4.69) is 0 Å². The lowest BCUT2D eigenvalue weighted by molar-refractivity contribution is 0.0395. The fourth-order valence-corrected chi connectivity index (χ4v) is 1.35. The highest BCUT2D eigenvalue weighted by molar-refractivity contribution is 5.68. The van der Waals surface area contributed by atoms with Crippen LogP contribution >= 0.6 is 0 Å². The van der Waals surface area contributed by atoms with Gasteiger partial charge in [0.05, 0.1) is 19.3 Å². The molecule has 0 aromatic carbocycles. The van der Waals surface area contributed by atoms with Gasteiger partial charge in [-0.05, 0) is 12.8 Å². The van der Waals surface area contributed by atoms with Crippen LogP contribution in [0.1, 0.15) is 19.8 Å². The van der Waals surface area contributed by atoms with Crippen LogP contribution in [0.3, 0.4) is 0 Å². The van der Waals surface area contributed by atoms with Gasteiger partial charge in [0.2, 0.25) is 0 Å². The number of rotatable bonds is 3. The second-order valence-electron chi connectivity index (χ2n) is 2.91. The van der Waals surface area contributed by atoms with Crippen molar-refractivity contribution in [3.05, 3.63) is 0 Å². The molecule has 1 atom stereocenters. The SMILES string of the molecule is CC[C@H](CO)N1CCCOC1=O. The Morgan fingerprint density at radius 3 is 3.00 bits per heavy atom. The number of hydrogen-bond acceptors (Lipinski definition) is 3. The predicted octanol–water partition coefficient (Wildman–Crippen LogP) is 0.600. The predicted molar refractivity (Wildman–Crippen MR) is 43.8 cm³/mol. The van der Waals surface area contributed by atoms with Crippen LogP contribution in [0.4, 0.5) is 4.79 Å². The van der Waals surface area contributed by atoms with Crippen LogP contribution in [0.2, 0.25) is 0 Å². The number of carbonyl (C=O) groups is 1. The Morgan fingerprint density at radius 2 is 2.50 bits per heavy atom. The van der Waals surface area contributed by atoms with Crippen molar-refractivity contribution in [2.45, 2.75) is 25.8 Å². The number of nitrogens with zero attached hydrogens (tertiary/aromatic N) is 1. The summed E-state index contributed by atoms with van der Waals surface area (Å²) < 4.78 is 4.85. The third kappa shape index (κ3) is 1.88. The molecule has 70 valence electrons. The summed E-state index contributed by atoms with van der Waals surface area (Å²) in [5.41, 5.74) is 0. The first kappa shape index (κ1) is 9.32. The van der Waals surface area contributed by atoms with Crippen LogP contribution in [0.5, 0.6) is 0 Å². The van der Waals surface area contributed by atoms with Gasteiger partial charge in [0.25, 0.3) is 0 Å². The van der Waals surface area contributed by atoms with Gasteiger partial charge in [0.15, 0.2) is 0 Å². The first-order valence-electron chi connectivity index (χ1n) is 4.33. The summed E-state index contributed by atoms with van der Waals surface area (Å²) in [6.07, 6.45) is 1.34. The highest BCUT2D eigenvalue weighted by Gasteiger charge is 2.25. The standard InChI is InChI=1S/C8H15NO3/c1-2-7(6-10)9-4-3-5-12-8(9)11/h7,10H,2-6H2,1H3/t7-/m1/s1. The van der Waals surface area contributed by atoms with E-state index in [0.29, 0.717) is 13.2 Å². The van der Waals surface area contributed by atoms with E-state index in [0.717, 1.165) is 12.8 Å². The topological polar surface area (TPSA) is 49.8 Å². The molecule has 1 N–H and O–H groups in total. The van der Waals surface area contributed by atoms with E-state index in [1.807, 2.05) is 6.92 Å². The zero-order chi connectivity index (χ0) is 8.97. The van der Waals surface area contributed by atoms with Gasteiger partial charge in [-0.2, -0.15) is 0 Å². The number of ether oxygens (including phenoxy) is 1. The Kier molecular flexibility index (Phi) is 3.34. The molecule has 1 fully saturated rings. The molecule has 0 aliphatic carbocycles. The minimum Gasteiger partial charge on any atom is -0.449 e. The van der Waals surface area contributed by atoms with E-state index >= 15 is 0 Å². The lowest BCUT2D eigenvalue weighted by Crippen LogP contribution is -2.46. The van der Waals surface area contributed by atoms with Gasteiger partial charge in [-0.25, -0.2) is 4.79 Å². The molecular weight excluding hydrogens is 158 g/mol. The maximum atomic E-state index is 11.1. The van der Waals surface area contributed by atoms with Crippen molar-refractivity contribution in [1.29, 1.82) is 0 Å². The third-order valence-corrected chi connectivity index (χ3v) is 2.13. The number of aliphatic hydroxyl groups is 1. The molecule has 1 aliphatic rings. The van der Waals surface area contributed by atoms with E-state index in [-0.39, 0.29) is 18.7 Å². The minimum atomic E-state index is -0.290. The second kappa shape index (κ2) is 4.30. The van der Waals surface area contributed by atoms with Crippen molar-refractivity contribution in [2.75, 3.05) is 19.8 Å². The highest BCUT2D eigenvalue weighted by Crippen LogP contribution is 2.11. The Bertz CT molecular complexity index is 156. The van der Waals surface area contributed by atoms with E-state index in [9.17, 15) is 4.79 Å². The second-order valence-corrected chi connectivity index (χ2v) is 2.91. The fourth-order valence-electron chi connectivity index (χ4n) is 1.35. The fraction of sp³-hybridized carbons (Fsp3) is 0.875. The molecule has 0 saturated carbocycles. The smallest absolute Gasteiger partial charge is 0.410 e. The van der Waals surface area contributed by atoms with Crippen LogP contribution in [-0.2, 0) is 4.74 Å². The largest absolute Gasteiger partial charge is 0.449 e. The van der Waals surface area contributed by atoms with Gasteiger partial charge in [-0.1, -0.05) is 6.92 Å². The van der Waals surface area contributed by atoms with Gasteiger partial charge in [0.1, 0.15) is 0 Å². The number of carbonyl (C=O) groups excluding carboxylic acids is 1. The number of amides is 1. The highest BCUT2D eigenvalue weighted by atomic mass is 16.6. The lowest BCUT2D eigenvalue weighted by atomic mass is 10.2. The van der Waals surface area contributed by atoms with E-state index in [1.165, 1.54) is 0 Å². The molecule has 0 unspecified atom stereocenters. The molecule has 0 aromatic rings. The summed E-state index contributed by atoms with van der Waals surface area (Å²) in [6, 6.07) is -0.0715. The normalized spacial score (nSPS) is 20.5. The van der Waals surface area contributed by atoms with Crippen molar-refractivity contribution in [3.8, 4) is 0 Å². The summed E-state index contributed by atoms with van der Waals surface area (Å²) in [7, 11) is 0. The van der Waals surface area contributed by atoms with Crippen molar-refractivity contribution in [2.24, 2.45) is 0 Å². The van der Waals surface area contributed by atoms with Crippen LogP contribution in [0.15, 0.2) is 0 Å². The maximum Gasteiger partial charge on any atom is 0.410 e. The van der Waals surface area contributed by atoms with E-state index < -0.39 is 0 Å². The zero-order valence-corrected chi connectivity index (χ0v) is 7.32. The first-order chi connectivity index (χ1) is 5.79.